The number of fused-ring (bicyclic) bond motifs is 3. The molecule has 1 aromatic carbocycles. The molecule has 0 N–H and O–H groups in total. The highest BCUT2D eigenvalue weighted by Crippen LogP contribution is 2.39. The molecule has 0 radical (unpaired) electrons. The molecule has 0 unspecified atom stereocenters. The van der Waals surface area contributed by atoms with Gasteiger partial charge in [-0.1, -0.05) is 23.7 Å². The molecule has 1 atom stereocenters. The van der Waals surface area contributed by atoms with E-state index in [1.165, 1.54) is 4.88 Å². The summed E-state index contributed by atoms with van der Waals surface area (Å²) in [5.74, 6) is 1.28. The Kier molecular flexibility index (Phi) is 7.99. The summed E-state index contributed by atoms with van der Waals surface area (Å²) in [6.45, 7) is 11.7. The molecule has 37 heavy (non-hydrogen) atoms. The van der Waals surface area contributed by atoms with E-state index in [2.05, 4.69) is 24.0 Å². The number of halogens is 1. The summed E-state index contributed by atoms with van der Waals surface area (Å²) in [5, 5.41) is 10.5. The summed E-state index contributed by atoms with van der Waals surface area (Å²) in [5.41, 5.74) is 3.47. The number of ketones is 1. The fraction of sp³-hybridized carbons (Fsp3) is 0.464. The van der Waals surface area contributed by atoms with Crippen LogP contribution in [-0.4, -0.2) is 37.8 Å². The maximum atomic E-state index is 13.1. The molecule has 1 aliphatic heterocycles. The maximum absolute atomic E-state index is 13.1. The van der Waals surface area contributed by atoms with Crippen molar-refractivity contribution < 1.29 is 14.3 Å². The lowest BCUT2D eigenvalue weighted by Gasteiger charge is -2.19. The summed E-state index contributed by atoms with van der Waals surface area (Å²) in [6.07, 6.45) is 2.12. The number of unbranched alkanes of at least 4 members (excludes halogenated alkanes) is 1. The number of ether oxygens (including phenoxy) is 1. The molecule has 0 bridgehead atoms. The van der Waals surface area contributed by atoms with Crippen LogP contribution in [0.1, 0.15) is 92.1 Å². The molecule has 2 aromatic heterocycles. The number of aryl methyl sites for hydroxylation is 2. The van der Waals surface area contributed by atoms with Crippen LogP contribution in [0.15, 0.2) is 29.3 Å². The van der Waals surface area contributed by atoms with Crippen molar-refractivity contribution in [3.63, 3.8) is 0 Å². The van der Waals surface area contributed by atoms with Crippen molar-refractivity contribution in [1.29, 1.82) is 0 Å². The molecular formula is C28H33ClN4O3S. The maximum Gasteiger partial charge on any atom is 0.306 e. The molecular weight excluding hydrogens is 508 g/mol. The SMILES string of the molecule is Cc1sc2c(c1C)C(c1ccc(Cl)cc1)=N[C@@H](CC(=O)CCCCC(=O)OC(C)(C)C)c1nnc(C)n1-2. The van der Waals surface area contributed by atoms with Crippen molar-refractivity contribution in [3.8, 4) is 5.00 Å². The minimum atomic E-state index is -0.501. The number of Topliss-reactive ketones (excluding diaryl/α,β-unsaturated/α-hetero) is 1. The number of nitrogens with zero attached hydrogens (tertiary/aromatic N) is 4. The summed E-state index contributed by atoms with van der Waals surface area (Å²) in [7, 11) is 0. The van der Waals surface area contributed by atoms with Crippen molar-refractivity contribution in [3.05, 3.63) is 62.5 Å². The third-order valence-corrected chi connectivity index (χ3v) is 7.73. The number of carbonyl (C=O) groups excluding carboxylic acids is 2. The fourth-order valence-electron chi connectivity index (χ4n) is 4.43. The van der Waals surface area contributed by atoms with E-state index in [-0.39, 0.29) is 18.2 Å². The first-order valence-corrected chi connectivity index (χ1v) is 13.7. The van der Waals surface area contributed by atoms with Gasteiger partial charge in [0.1, 0.15) is 28.3 Å². The van der Waals surface area contributed by atoms with E-state index in [0.717, 1.165) is 33.2 Å². The van der Waals surface area contributed by atoms with Gasteiger partial charge in [-0.25, -0.2) is 0 Å². The summed E-state index contributed by atoms with van der Waals surface area (Å²) in [4.78, 5) is 31.4. The predicted molar refractivity (Wildman–Crippen MR) is 147 cm³/mol. The number of esters is 1. The van der Waals surface area contributed by atoms with E-state index < -0.39 is 11.6 Å². The van der Waals surface area contributed by atoms with Crippen LogP contribution >= 0.6 is 22.9 Å². The van der Waals surface area contributed by atoms with Crippen molar-refractivity contribution in [1.82, 2.24) is 14.8 Å². The van der Waals surface area contributed by atoms with E-state index in [1.807, 2.05) is 56.5 Å². The Labute approximate surface area is 226 Å². The van der Waals surface area contributed by atoms with Gasteiger partial charge in [-0.15, -0.1) is 21.5 Å². The lowest BCUT2D eigenvalue weighted by molar-refractivity contribution is -0.155. The van der Waals surface area contributed by atoms with Gasteiger partial charge in [0.15, 0.2) is 5.82 Å². The average molecular weight is 541 g/mol. The second-order valence-corrected chi connectivity index (χ2v) is 12.1. The monoisotopic (exact) mass is 540 g/mol. The molecule has 1 aliphatic rings. The average Bonchev–Trinajstić information content (AvgIpc) is 3.28. The minimum absolute atomic E-state index is 0.0822. The molecule has 9 heteroatoms. The highest BCUT2D eigenvalue weighted by atomic mass is 35.5. The van der Waals surface area contributed by atoms with Crippen LogP contribution in [0.2, 0.25) is 5.02 Å². The molecule has 0 spiro atoms. The Hall–Kier alpha value is -2.84. The van der Waals surface area contributed by atoms with Gasteiger partial charge < -0.3 is 4.74 Å². The first-order chi connectivity index (χ1) is 17.4. The van der Waals surface area contributed by atoms with Crippen LogP contribution in [0.4, 0.5) is 0 Å². The van der Waals surface area contributed by atoms with Gasteiger partial charge >= 0.3 is 5.97 Å². The lowest BCUT2D eigenvalue weighted by atomic mass is 9.99. The summed E-state index contributed by atoms with van der Waals surface area (Å²) < 4.78 is 7.41. The number of hydrogen-bond donors (Lipinski definition) is 0. The van der Waals surface area contributed by atoms with Gasteiger partial charge in [-0.05, 0) is 72.1 Å². The number of aliphatic imine (C=N–C) groups is 1. The highest BCUT2D eigenvalue weighted by molar-refractivity contribution is 7.15. The topological polar surface area (TPSA) is 86.4 Å². The van der Waals surface area contributed by atoms with E-state index >= 15 is 0 Å². The first kappa shape index (κ1) is 27.2. The van der Waals surface area contributed by atoms with Crippen molar-refractivity contribution in [2.45, 2.75) is 85.3 Å². The molecule has 3 aromatic rings. The molecule has 7 nitrogen and oxygen atoms in total. The van der Waals surface area contributed by atoms with Crippen LogP contribution in [0, 0.1) is 20.8 Å². The predicted octanol–water partition coefficient (Wildman–Crippen LogP) is 6.66. The van der Waals surface area contributed by atoms with Crippen molar-refractivity contribution >= 4 is 40.4 Å². The Morgan fingerprint density at radius 3 is 2.41 bits per heavy atom. The van der Waals surface area contributed by atoms with Gasteiger partial charge in [-0.3, -0.25) is 19.1 Å². The largest absolute Gasteiger partial charge is 0.460 e. The van der Waals surface area contributed by atoms with Gasteiger partial charge in [0.25, 0.3) is 0 Å². The highest BCUT2D eigenvalue weighted by Gasteiger charge is 2.32. The molecule has 0 saturated carbocycles. The van der Waals surface area contributed by atoms with Crippen LogP contribution in [0.5, 0.6) is 0 Å². The molecule has 0 saturated heterocycles. The Morgan fingerprint density at radius 2 is 1.73 bits per heavy atom. The van der Waals surface area contributed by atoms with Gasteiger partial charge in [0.2, 0.25) is 0 Å². The van der Waals surface area contributed by atoms with Crippen LogP contribution < -0.4 is 0 Å². The van der Waals surface area contributed by atoms with Crippen molar-refractivity contribution in [2.75, 3.05) is 0 Å². The molecule has 0 aliphatic carbocycles. The smallest absolute Gasteiger partial charge is 0.306 e. The first-order valence-electron chi connectivity index (χ1n) is 12.5. The van der Waals surface area contributed by atoms with E-state index in [4.69, 9.17) is 21.3 Å². The lowest BCUT2D eigenvalue weighted by Crippen LogP contribution is -2.23. The number of aromatic nitrogens is 3. The number of hydrogen-bond acceptors (Lipinski definition) is 7. The fourth-order valence-corrected chi connectivity index (χ4v) is 5.77. The van der Waals surface area contributed by atoms with Crippen LogP contribution in [0.25, 0.3) is 5.00 Å². The molecule has 3 heterocycles. The van der Waals surface area contributed by atoms with Gasteiger partial charge in [0.05, 0.1) is 5.71 Å². The molecule has 0 amide bonds. The number of benzene rings is 1. The van der Waals surface area contributed by atoms with Gasteiger partial charge in [0, 0.05) is 40.3 Å². The van der Waals surface area contributed by atoms with Crippen LogP contribution in [0.3, 0.4) is 0 Å². The molecule has 196 valence electrons. The van der Waals surface area contributed by atoms with Crippen LogP contribution in [-0.2, 0) is 14.3 Å². The second kappa shape index (κ2) is 10.9. The third kappa shape index (κ3) is 6.18. The molecule has 0 fully saturated rings. The quantitative estimate of drug-likeness (QED) is 0.235. The Balaban J connectivity index is 1.59. The number of carbonyl (C=O) groups is 2. The van der Waals surface area contributed by atoms with Gasteiger partial charge in [-0.2, -0.15) is 0 Å². The Bertz CT molecular complexity index is 1350. The minimum Gasteiger partial charge on any atom is -0.460 e. The van der Waals surface area contributed by atoms with E-state index in [0.29, 0.717) is 36.5 Å². The zero-order valence-corrected chi connectivity index (χ0v) is 23.8. The zero-order valence-electron chi connectivity index (χ0n) is 22.2. The normalized spacial score (nSPS) is 15.0. The zero-order chi connectivity index (χ0) is 26.9. The third-order valence-electron chi connectivity index (χ3n) is 6.28. The van der Waals surface area contributed by atoms with E-state index in [9.17, 15) is 9.59 Å². The molecule has 4 rings (SSSR count). The van der Waals surface area contributed by atoms with E-state index in [1.54, 1.807) is 11.3 Å². The number of thiophene rings is 1. The second-order valence-electron chi connectivity index (χ2n) is 10.4. The summed E-state index contributed by atoms with van der Waals surface area (Å²) >= 11 is 7.85. The number of rotatable bonds is 8. The van der Waals surface area contributed by atoms with Crippen molar-refractivity contribution in [2.24, 2.45) is 4.99 Å². The standard InChI is InChI=1S/C28H33ClN4O3S/c1-16-17(2)37-27-24(16)25(19-11-13-20(29)14-12-19)30-22(26-32-31-18(3)33(26)27)15-21(34)9-7-8-10-23(35)36-28(4,5)6/h11-14,22H,7-10,15H2,1-6H3/t22-/m0/s1. The Morgan fingerprint density at radius 1 is 1.05 bits per heavy atom. The summed E-state index contributed by atoms with van der Waals surface area (Å²) in [6, 6.07) is 7.17.